The molecule has 1 aliphatic heterocycles. The second kappa shape index (κ2) is 8.54. The molecule has 7 heteroatoms. The summed E-state index contributed by atoms with van der Waals surface area (Å²) in [6.07, 6.45) is 1.75. The first-order valence-corrected chi connectivity index (χ1v) is 9.76. The minimum atomic E-state index is -0.216. The van der Waals surface area contributed by atoms with Gasteiger partial charge in [0.1, 0.15) is 17.2 Å². The zero-order valence-corrected chi connectivity index (χ0v) is 17.4. The van der Waals surface area contributed by atoms with Crippen LogP contribution in [0, 0.1) is 0 Å². The maximum atomic E-state index is 12.9. The average Bonchev–Trinajstić information content (AvgIpc) is 2.92. The number of hydrogen-bond donors (Lipinski definition) is 1. The molecule has 3 rings (SSSR count). The third-order valence-electron chi connectivity index (χ3n) is 3.86. The summed E-state index contributed by atoms with van der Waals surface area (Å²) in [6, 6.07) is 12.9. The number of halogens is 1. The molecule has 1 saturated heterocycles. The number of ether oxygens (including phenoxy) is 2. The maximum Gasteiger partial charge on any atom is 0.281 e. The van der Waals surface area contributed by atoms with Crippen LogP contribution in [0.3, 0.4) is 0 Å². The van der Waals surface area contributed by atoms with E-state index in [0.717, 1.165) is 15.8 Å². The van der Waals surface area contributed by atoms with Crippen LogP contribution in [0.15, 0.2) is 52.6 Å². The molecular weight excluding hydrogens is 428 g/mol. The molecule has 0 aromatic heterocycles. The van der Waals surface area contributed by atoms with Crippen LogP contribution in [0.25, 0.3) is 6.08 Å². The highest BCUT2D eigenvalue weighted by molar-refractivity contribution is 9.10. The maximum absolute atomic E-state index is 12.9. The molecule has 140 valence electrons. The van der Waals surface area contributed by atoms with Crippen molar-refractivity contribution in [1.29, 1.82) is 0 Å². The van der Waals surface area contributed by atoms with E-state index in [4.69, 9.17) is 21.7 Å². The number of amides is 1. The van der Waals surface area contributed by atoms with Crippen molar-refractivity contribution in [2.24, 2.45) is 0 Å². The first kappa shape index (κ1) is 19.4. The zero-order valence-electron chi connectivity index (χ0n) is 15.0. The number of carbonyl (C=O) groups excluding carboxylic acids is 1. The van der Waals surface area contributed by atoms with Gasteiger partial charge in [-0.15, -0.1) is 0 Å². The normalized spacial score (nSPS) is 15.2. The van der Waals surface area contributed by atoms with E-state index >= 15 is 0 Å². The molecule has 1 heterocycles. The Labute approximate surface area is 172 Å². The van der Waals surface area contributed by atoms with Crippen LogP contribution in [0.5, 0.6) is 11.5 Å². The SMILES string of the molecule is CCOc1ccc(N2C(=O)/C(=C\c3cc(Br)ccc3OCC)NC2=S)cc1. The predicted octanol–water partition coefficient (Wildman–Crippen LogP) is 4.51. The minimum Gasteiger partial charge on any atom is -0.494 e. The van der Waals surface area contributed by atoms with E-state index in [1.54, 1.807) is 6.08 Å². The summed E-state index contributed by atoms with van der Waals surface area (Å²) in [5, 5.41) is 3.33. The van der Waals surface area contributed by atoms with Crippen molar-refractivity contribution in [3.8, 4) is 11.5 Å². The van der Waals surface area contributed by atoms with Crippen LogP contribution in [-0.2, 0) is 4.79 Å². The lowest BCUT2D eigenvalue weighted by atomic mass is 10.1. The summed E-state index contributed by atoms with van der Waals surface area (Å²) in [5.74, 6) is 1.23. The summed E-state index contributed by atoms with van der Waals surface area (Å²) < 4.78 is 12.0. The zero-order chi connectivity index (χ0) is 19.4. The van der Waals surface area contributed by atoms with E-state index in [2.05, 4.69) is 21.2 Å². The van der Waals surface area contributed by atoms with Crippen molar-refractivity contribution in [3.05, 3.63) is 58.2 Å². The molecule has 1 N–H and O–H groups in total. The Morgan fingerprint density at radius 1 is 1.11 bits per heavy atom. The molecule has 27 heavy (non-hydrogen) atoms. The van der Waals surface area contributed by atoms with Crippen LogP contribution < -0.4 is 19.7 Å². The molecule has 2 aromatic rings. The van der Waals surface area contributed by atoms with Crippen LogP contribution in [-0.4, -0.2) is 24.2 Å². The van der Waals surface area contributed by atoms with Gasteiger partial charge in [-0.1, -0.05) is 15.9 Å². The topological polar surface area (TPSA) is 50.8 Å². The molecule has 0 saturated carbocycles. The van der Waals surface area contributed by atoms with Crippen molar-refractivity contribution in [1.82, 2.24) is 5.32 Å². The summed E-state index contributed by atoms with van der Waals surface area (Å²) >= 11 is 8.82. The smallest absolute Gasteiger partial charge is 0.281 e. The van der Waals surface area contributed by atoms with E-state index in [1.165, 1.54) is 4.90 Å². The molecule has 0 radical (unpaired) electrons. The number of carbonyl (C=O) groups is 1. The highest BCUT2D eigenvalue weighted by atomic mass is 79.9. The van der Waals surface area contributed by atoms with E-state index in [0.29, 0.717) is 35.5 Å². The summed E-state index contributed by atoms with van der Waals surface area (Å²) in [5.41, 5.74) is 1.87. The summed E-state index contributed by atoms with van der Waals surface area (Å²) in [6.45, 7) is 4.97. The Morgan fingerprint density at radius 3 is 2.48 bits per heavy atom. The molecule has 0 unspecified atom stereocenters. The summed E-state index contributed by atoms with van der Waals surface area (Å²) in [7, 11) is 0. The standard InChI is InChI=1S/C20H19BrN2O3S/c1-3-25-16-8-6-15(7-9-16)23-19(24)17(22-20(23)27)12-13-11-14(21)5-10-18(13)26-4-2/h5-12H,3-4H2,1-2H3,(H,22,27)/b17-12+. The van der Waals surface area contributed by atoms with Crippen molar-refractivity contribution in [2.75, 3.05) is 18.1 Å². The monoisotopic (exact) mass is 446 g/mol. The van der Waals surface area contributed by atoms with Gasteiger partial charge >= 0.3 is 0 Å². The number of benzene rings is 2. The molecule has 1 amide bonds. The first-order chi connectivity index (χ1) is 13.0. The number of nitrogens with zero attached hydrogens (tertiary/aromatic N) is 1. The van der Waals surface area contributed by atoms with Gasteiger partial charge < -0.3 is 14.8 Å². The fourth-order valence-corrected chi connectivity index (χ4v) is 3.38. The number of hydrogen-bond acceptors (Lipinski definition) is 4. The largest absolute Gasteiger partial charge is 0.494 e. The Morgan fingerprint density at radius 2 is 1.81 bits per heavy atom. The van der Waals surface area contributed by atoms with E-state index in [-0.39, 0.29) is 5.91 Å². The third kappa shape index (κ3) is 4.31. The highest BCUT2D eigenvalue weighted by Crippen LogP contribution is 2.28. The minimum absolute atomic E-state index is 0.216. The Hall–Kier alpha value is -2.38. The number of anilines is 1. The molecule has 0 spiro atoms. The summed E-state index contributed by atoms with van der Waals surface area (Å²) in [4.78, 5) is 14.4. The second-order valence-corrected chi connectivity index (χ2v) is 6.97. The van der Waals surface area contributed by atoms with Gasteiger partial charge in [-0.2, -0.15) is 0 Å². The van der Waals surface area contributed by atoms with Crippen LogP contribution in [0.2, 0.25) is 0 Å². The Kier molecular flexibility index (Phi) is 6.13. The Bertz CT molecular complexity index is 897. The van der Waals surface area contributed by atoms with E-state index in [1.807, 2.05) is 56.3 Å². The van der Waals surface area contributed by atoms with Crippen LogP contribution in [0.1, 0.15) is 19.4 Å². The van der Waals surface area contributed by atoms with Crippen LogP contribution in [0.4, 0.5) is 5.69 Å². The first-order valence-electron chi connectivity index (χ1n) is 8.55. The number of thiocarbonyl (C=S) groups is 1. The third-order valence-corrected chi connectivity index (χ3v) is 4.63. The van der Waals surface area contributed by atoms with E-state index in [9.17, 15) is 4.79 Å². The van der Waals surface area contributed by atoms with Crippen molar-refractivity contribution < 1.29 is 14.3 Å². The highest BCUT2D eigenvalue weighted by Gasteiger charge is 2.32. The van der Waals surface area contributed by atoms with Gasteiger partial charge in [0.05, 0.1) is 18.9 Å². The number of nitrogens with one attached hydrogen (secondary N) is 1. The second-order valence-electron chi connectivity index (χ2n) is 5.67. The van der Waals surface area contributed by atoms with Gasteiger partial charge in [0.2, 0.25) is 0 Å². The molecule has 0 aliphatic carbocycles. The van der Waals surface area contributed by atoms with Gasteiger partial charge in [0, 0.05) is 10.0 Å². The lowest BCUT2D eigenvalue weighted by Crippen LogP contribution is -2.30. The lowest BCUT2D eigenvalue weighted by molar-refractivity contribution is -0.113. The quantitative estimate of drug-likeness (QED) is 0.522. The van der Waals surface area contributed by atoms with Gasteiger partial charge in [0.15, 0.2) is 5.11 Å². The van der Waals surface area contributed by atoms with Gasteiger partial charge in [-0.05, 0) is 74.6 Å². The fourth-order valence-electron chi connectivity index (χ4n) is 2.70. The number of rotatable bonds is 6. The van der Waals surface area contributed by atoms with Gasteiger partial charge in [-0.3, -0.25) is 9.69 Å². The molecule has 5 nitrogen and oxygen atoms in total. The van der Waals surface area contributed by atoms with Crippen molar-refractivity contribution >= 4 is 50.9 Å². The predicted molar refractivity (Wildman–Crippen MR) is 114 cm³/mol. The lowest BCUT2D eigenvalue weighted by Gasteiger charge is -2.14. The fraction of sp³-hybridized carbons (Fsp3) is 0.200. The van der Waals surface area contributed by atoms with Gasteiger partial charge in [-0.25, -0.2) is 0 Å². The van der Waals surface area contributed by atoms with Crippen molar-refractivity contribution in [3.63, 3.8) is 0 Å². The molecule has 1 fully saturated rings. The molecule has 0 bridgehead atoms. The van der Waals surface area contributed by atoms with Gasteiger partial charge in [0.25, 0.3) is 5.91 Å². The van der Waals surface area contributed by atoms with E-state index < -0.39 is 0 Å². The molecule has 2 aromatic carbocycles. The molecule has 1 aliphatic rings. The Balaban J connectivity index is 1.90. The molecule has 0 atom stereocenters. The van der Waals surface area contributed by atoms with Crippen molar-refractivity contribution in [2.45, 2.75) is 13.8 Å². The molecular formula is C20H19BrN2O3S. The van der Waals surface area contributed by atoms with Crippen LogP contribution >= 0.6 is 28.1 Å². The average molecular weight is 447 g/mol.